The molecule has 5 nitrogen and oxygen atoms in total. The lowest BCUT2D eigenvalue weighted by atomic mass is 9.85. The fraction of sp³-hybridized carbons (Fsp3) is 0.222. The third-order valence-corrected chi connectivity index (χ3v) is 4.26. The second-order valence-corrected chi connectivity index (χ2v) is 5.96. The smallest absolute Gasteiger partial charge is 0.169 e. The van der Waals surface area contributed by atoms with Crippen LogP contribution in [-0.4, -0.2) is 16.0 Å². The number of ketones is 1. The lowest BCUT2D eigenvalue weighted by Gasteiger charge is -2.19. The number of Topliss-reactive ketones (excluding diaryl/α,β-unsaturated/α-hetero) is 1. The van der Waals surface area contributed by atoms with Gasteiger partial charge in [-0.15, -0.1) is 0 Å². The van der Waals surface area contributed by atoms with Crippen molar-refractivity contribution in [2.45, 2.75) is 25.7 Å². The molecule has 0 aliphatic heterocycles. The highest BCUT2D eigenvalue weighted by molar-refractivity contribution is 6.03. The van der Waals surface area contributed by atoms with Crippen LogP contribution >= 0.6 is 0 Å². The third-order valence-electron chi connectivity index (χ3n) is 4.26. The zero-order chi connectivity index (χ0) is 15.8. The molecule has 0 fully saturated rings. The van der Waals surface area contributed by atoms with E-state index in [1.54, 1.807) is 6.26 Å². The number of hydrogen-bond acceptors (Lipinski definition) is 4. The molecule has 116 valence electrons. The third kappa shape index (κ3) is 2.54. The number of carbonyl (C=O) groups is 1. The average Bonchev–Trinajstić information content (AvgIpc) is 3.20. The fourth-order valence-corrected chi connectivity index (χ4v) is 3.06. The van der Waals surface area contributed by atoms with Crippen LogP contribution in [-0.2, 0) is 6.42 Å². The molecule has 5 heteroatoms. The van der Waals surface area contributed by atoms with Gasteiger partial charge in [-0.05, 0) is 31.2 Å². The van der Waals surface area contributed by atoms with Crippen molar-refractivity contribution in [3.8, 4) is 0 Å². The minimum Gasteiger partial charge on any atom is -0.469 e. The van der Waals surface area contributed by atoms with Crippen molar-refractivity contribution in [1.82, 2.24) is 10.2 Å². The Morgan fingerprint density at radius 1 is 1.22 bits per heavy atom. The van der Waals surface area contributed by atoms with Gasteiger partial charge in [-0.25, -0.2) is 0 Å². The maximum absolute atomic E-state index is 12.6. The fourth-order valence-electron chi connectivity index (χ4n) is 3.06. The van der Waals surface area contributed by atoms with E-state index in [-0.39, 0.29) is 11.7 Å². The van der Waals surface area contributed by atoms with Crippen molar-refractivity contribution in [3.05, 3.63) is 65.2 Å². The normalized spacial score (nSPS) is 17.1. The summed E-state index contributed by atoms with van der Waals surface area (Å²) in [5, 5.41) is 10.5. The van der Waals surface area contributed by atoms with Crippen LogP contribution in [0.25, 0.3) is 0 Å². The Morgan fingerprint density at radius 2 is 2.04 bits per heavy atom. The largest absolute Gasteiger partial charge is 0.469 e. The molecule has 0 saturated heterocycles. The zero-order valence-electron chi connectivity index (χ0n) is 12.8. The van der Waals surface area contributed by atoms with E-state index in [9.17, 15) is 4.79 Å². The average molecular weight is 307 g/mol. The molecule has 0 bridgehead atoms. The standard InChI is InChI=1S/C18H17N3O2/c1-11-4-6-13(7-5-11)19-18-17-14(20-21-18)9-12(10-15(17)22)16-3-2-8-23-16/h2-8,12H,9-10H2,1H3,(H2,19,20,21). The van der Waals surface area contributed by atoms with Crippen LogP contribution in [0.4, 0.5) is 11.5 Å². The molecule has 1 atom stereocenters. The van der Waals surface area contributed by atoms with Crippen molar-refractivity contribution in [1.29, 1.82) is 0 Å². The van der Waals surface area contributed by atoms with Gasteiger partial charge in [0.05, 0.1) is 11.8 Å². The summed E-state index contributed by atoms with van der Waals surface area (Å²) in [7, 11) is 0. The first kappa shape index (κ1) is 13.8. The van der Waals surface area contributed by atoms with Gasteiger partial charge in [0.15, 0.2) is 11.6 Å². The molecule has 2 N–H and O–H groups in total. The molecule has 23 heavy (non-hydrogen) atoms. The van der Waals surface area contributed by atoms with Gasteiger partial charge in [-0.1, -0.05) is 17.7 Å². The van der Waals surface area contributed by atoms with Crippen LogP contribution in [0.2, 0.25) is 0 Å². The minimum atomic E-state index is 0.0812. The highest BCUT2D eigenvalue weighted by Gasteiger charge is 2.32. The molecule has 2 heterocycles. The Balaban J connectivity index is 1.61. The molecule has 1 unspecified atom stereocenters. The Bertz CT molecular complexity index is 832. The zero-order valence-corrected chi connectivity index (χ0v) is 12.8. The van der Waals surface area contributed by atoms with Crippen LogP contribution in [0.3, 0.4) is 0 Å². The van der Waals surface area contributed by atoms with E-state index in [1.807, 2.05) is 43.3 Å². The molecule has 0 spiro atoms. The molecule has 4 rings (SSSR count). The van der Waals surface area contributed by atoms with Crippen LogP contribution < -0.4 is 5.32 Å². The molecule has 1 aromatic carbocycles. The van der Waals surface area contributed by atoms with E-state index in [0.717, 1.165) is 23.6 Å². The molecule has 0 saturated carbocycles. The number of carbonyl (C=O) groups excluding carboxylic acids is 1. The molecule has 1 aliphatic carbocycles. The number of nitrogens with zero attached hydrogens (tertiary/aromatic N) is 1. The summed E-state index contributed by atoms with van der Waals surface area (Å²) in [6, 6.07) is 11.8. The van der Waals surface area contributed by atoms with E-state index in [4.69, 9.17) is 4.42 Å². The highest BCUT2D eigenvalue weighted by atomic mass is 16.3. The second kappa shape index (κ2) is 5.43. The van der Waals surface area contributed by atoms with Gasteiger partial charge in [-0.2, -0.15) is 5.10 Å². The van der Waals surface area contributed by atoms with Gasteiger partial charge >= 0.3 is 0 Å². The number of aromatic amines is 1. The lowest BCUT2D eigenvalue weighted by Crippen LogP contribution is -2.18. The van der Waals surface area contributed by atoms with E-state index in [2.05, 4.69) is 15.5 Å². The predicted octanol–water partition coefficient (Wildman–Crippen LogP) is 3.97. The summed E-state index contributed by atoms with van der Waals surface area (Å²) in [5.74, 6) is 1.63. The summed E-state index contributed by atoms with van der Waals surface area (Å²) in [6.45, 7) is 2.04. The van der Waals surface area contributed by atoms with Gasteiger partial charge in [0.1, 0.15) is 5.76 Å². The van der Waals surface area contributed by atoms with Crippen molar-refractivity contribution in [2.24, 2.45) is 0 Å². The van der Waals surface area contributed by atoms with Crippen molar-refractivity contribution in [3.63, 3.8) is 0 Å². The summed E-state index contributed by atoms with van der Waals surface area (Å²) in [5.41, 5.74) is 3.66. The number of nitrogens with one attached hydrogen (secondary N) is 2. The number of benzene rings is 1. The Kier molecular flexibility index (Phi) is 3.26. The first-order valence-corrected chi connectivity index (χ1v) is 7.68. The number of furan rings is 1. The number of H-pyrrole nitrogens is 1. The number of rotatable bonds is 3. The van der Waals surface area contributed by atoms with E-state index < -0.39 is 0 Å². The Labute approximate surface area is 133 Å². The van der Waals surface area contributed by atoms with Crippen LogP contribution in [0.15, 0.2) is 47.1 Å². The van der Waals surface area contributed by atoms with Crippen LogP contribution in [0, 0.1) is 6.92 Å². The van der Waals surface area contributed by atoms with Gasteiger partial charge in [0.25, 0.3) is 0 Å². The van der Waals surface area contributed by atoms with Crippen molar-refractivity contribution in [2.75, 3.05) is 5.32 Å². The number of aromatic nitrogens is 2. The maximum atomic E-state index is 12.6. The first-order valence-electron chi connectivity index (χ1n) is 7.68. The van der Waals surface area contributed by atoms with Gasteiger partial charge in [0.2, 0.25) is 0 Å². The van der Waals surface area contributed by atoms with Crippen molar-refractivity contribution < 1.29 is 9.21 Å². The molecule has 0 amide bonds. The quantitative estimate of drug-likeness (QED) is 0.768. The van der Waals surface area contributed by atoms with Gasteiger partial charge in [-0.3, -0.25) is 9.89 Å². The second-order valence-electron chi connectivity index (χ2n) is 5.96. The summed E-state index contributed by atoms with van der Waals surface area (Å²) < 4.78 is 5.45. The van der Waals surface area contributed by atoms with Crippen molar-refractivity contribution >= 4 is 17.3 Å². The maximum Gasteiger partial charge on any atom is 0.169 e. The summed E-state index contributed by atoms with van der Waals surface area (Å²) in [4.78, 5) is 12.6. The van der Waals surface area contributed by atoms with Crippen LogP contribution in [0.5, 0.6) is 0 Å². The summed E-state index contributed by atoms with van der Waals surface area (Å²) in [6.07, 6.45) is 2.83. The molecular weight excluding hydrogens is 290 g/mol. The number of hydrogen-bond donors (Lipinski definition) is 2. The molecular formula is C18H17N3O2. The Hall–Kier alpha value is -2.82. The first-order chi connectivity index (χ1) is 11.2. The van der Waals surface area contributed by atoms with Gasteiger partial charge in [0, 0.05) is 30.1 Å². The molecule has 3 aromatic rings. The topological polar surface area (TPSA) is 70.9 Å². The lowest BCUT2D eigenvalue weighted by molar-refractivity contribution is 0.0961. The summed E-state index contributed by atoms with van der Waals surface area (Å²) >= 11 is 0. The number of anilines is 2. The van der Waals surface area contributed by atoms with Gasteiger partial charge < -0.3 is 9.73 Å². The number of fused-ring (bicyclic) bond motifs is 1. The SMILES string of the molecule is Cc1ccc(Nc2n[nH]c3c2C(=O)CC(c2ccco2)C3)cc1. The molecule has 0 radical (unpaired) electrons. The van der Waals surface area contributed by atoms with E-state index in [1.165, 1.54) is 5.56 Å². The van der Waals surface area contributed by atoms with Crippen LogP contribution in [0.1, 0.15) is 39.7 Å². The number of aryl methyl sites for hydroxylation is 1. The minimum absolute atomic E-state index is 0.0812. The Morgan fingerprint density at radius 3 is 2.78 bits per heavy atom. The van der Waals surface area contributed by atoms with E-state index >= 15 is 0 Å². The molecule has 1 aliphatic rings. The highest BCUT2D eigenvalue weighted by Crippen LogP contribution is 2.35. The van der Waals surface area contributed by atoms with E-state index in [0.29, 0.717) is 17.8 Å². The molecule has 2 aromatic heterocycles. The monoisotopic (exact) mass is 307 g/mol. The predicted molar refractivity (Wildman–Crippen MR) is 87.1 cm³/mol.